The molecule has 0 amide bonds. The van der Waals surface area contributed by atoms with Crippen molar-refractivity contribution in [2.24, 2.45) is 11.8 Å². The van der Waals surface area contributed by atoms with Gasteiger partial charge in [0.15, 0.2) is 0 Å². The molecule has 2 nitrogen and oxygen atoms in total. The summed E-state index contributed by atoms with van der Waals surface area (Å²) in [5, 5.41) is 3.40. The number of nitrogens with one attached hydrogen (secondary N) is 1. The Morgan fingerprint density at radius 1 is 1.22 bits per heavy atom. The summed E-state index contributed by atoms with van der Waals surface area (Å²) in [5.74, 6) is 1.10. The van der Waals surface area contributed by atoms with Crippen LogP contribution in [0.25, 0.3) is 5.57 Å². The predicted octanol–water partition coefficient (Wildman–Crippen LogP) is 8.86. The maximum Gasteiger partial charge on any atom is 0.0457 e. The Morgan fingerprint density at radius 3 is 2.67 bits per heavy atom. The maximum absolute atomic E-state index is 4.30. The van der Waals surface area contributed by atoms with Crippen LogP contribution in [0.3, 0.4) is 0 Å². The van der Waals surface area contributed by atoms with Crippen LogP contribution in [0.2, 0.25) is 0 Å². The normalized spacial score (nSPS) is 19.0. The van der Waals surface area contributed by atoms with E-state index in [1.807, 2.05) is 32.2 Å². The van der Waals surface area contributed by atoms with E-state index < -0.39 is 0 Å². The fourth-order valence-electron chi connectivity index (χ4n) is 5.09. The van der Waals surface area contributed by atoms with Crippen molar-refractivity contribution in [2.75, 3.05) is 7.05 Å². The molecule has 0 aliphatic heterocycles. The van der Waals surface area contributed by atoms with Crippen molar-refractivity contribution < 1.29 is 0 Å². The fraction of sp³-hybridized carbons (Fsp3) is 0.294. The van der Waals surface area contributed by atoms with Gasteiger partial charge in [0.1, 0.15) is 0 Å². The van der Waals surface area contributed by atoms with Gasteiger partial charge >= 0.3 is 0 Å². The van der Waals surface area contributed by atoms with Crippen molar-refractivity contribution >= 4 is 5.57 Å². The lowest BCUT2D eigenvalue weighted by Gasteiger charge is -2.32. The third-order valence-electron chi connectivity index (χ3n) is 7.15. The molecule has 0 saturated heterocycles. The molecule has 0 heterocycles. The van der Waals surface area contributed by atoms with Gasteiger partial charge in [-0.2, -0.15) is 0 Å². The Morgan fingerprint density at radius 2 is 2.00 bits per heavy atom. The van der Waals surface area contributed by atoms with Gasteiger partial charge in [-0.05, 0) is 86.3 Å². The topological polar surface area (TPSA) is 15.3 Å². The Bertz CT molecular complexity index is 1120. The minimum absolute atomic E-state index is 0.527. The third kappa shape index (κ3) is 6.57. The summed E-state index contributed by atoms with van der Waals surface area (Å²) in [6.07, 6.45) is 24.7. The van der Waals surface area contributed by atoms with Gasteiger partial charge < -0.3 is 10.2 Å². The molecule has 0 fully saturated rings. The predicted molar refractivity (Wildman–Crippen MR) is 158 cm³/mol. The van der Waals surface area contributed by atoms with Gasteiger partial charge in [0.25, 0.3) is 0 Å². The second-order valence-electron chi connectivity index (χ2n) is 9.52. The average Bonchev–Trinajstić information content (AvgIpc) is 2.92. The van der Waals surface area contributed by atoms with E-state index in [2.05, 4.69) is 104 Å². The number of hydrogen-bond acceptors (Lipinski definition) is 2. The molecular weight excluding hydrogens is 436 g/mol. The summed E-state index contributed by atoms with van der Waals surface area (Å²) in [4.78, 5) is 2.22. The Balaban J connectivity index is 1.85. The van der Waals surface area contributed by atoms with Gasteiger partial charge in [-0.1, -0.05) is 87.4 Å². The van der Waals surface area contributed by atoms with Crippen LogP contribution in [0.15, 0.2) is 133 Å². The lowest BCUT2D eigenvalue weighted by Crippen LogP contribution is -2.22. The zero-order valence-corrected chi connectivity index (χ0v) is 22.3. The fourth-order valence-corrected chi connectivity index (χ4v) is 5.09. The molecule has 2 heteroatoms. The zero-order chi connectivity index (χ0) is 25.9. The number of hydrogen-bond donors (Lipinski definition) is 1. The molecule has 1 N–H and O–H groups in total. The number of benzene rings is 1. The van der Waals surface area contributed by atoms with E-state index in [-0.39, 0.29) is 0 Å². The van der Waals surface area contributed by atoms with Crippen LogP contribution in [-0.4, -0.2) is 11.9 Å². The quantitative estimate of drug-likeness (QED) is 0.302. The molecule has 0 spiro atoms. The smallest absolute Gasteiger partial charge is 0.0457 e. The standard InChI is InChI=1S/C34H42N2/c1-7-15-31(16-8-2)36(27(5)9-3)34-20-14-13-19-29(34)22-21-26(4)30-23-24-33(35-6)32(25-30)28-17-11-10-12-18-28/h7-12,14-18,20,24-26,30,35H,1,3,5,13,19,21-23H2,2,4,6H3/b16-8-,31-15+. The minimum Gasteiger partial charge on any atom is -0.388 e. The van der Waals surface area contributed by atoms with E-state index in [0.29, 0.717) is 11.8 Å². The van der Waals surface area contributed by atoms with Crippen molar-refractivity contribution in [1.29, 1.82) is 0 Å². The molecule has 0 radical (unpaired) electrons. The van der Waals surface area contributed by atoms with Crippen LogP contribution in [-0.2, 0) is 0 Å². The van der Waals surface area contributed by atoms with Gasteiger partial charge in [0.05, 0.1) is 0 Å². The van der Waals surface area contributed by atoms with Crippen LogP contribution < -0.4 is 5.32 Å². The summed E-state index contributed by atoms with van der Waals surface area (Å²) >= 11 is 0. The van der Waals surface area contributed by atoms with Gasteiger partial charge in [0, 0.05) is 35.4 Å². The summed E-state index contributed by atoms with van der Waals surface area (Å²) in [5.41, 5.74) is 8.48. The first-order valence-electron chi connectivity index (χ1n) is 13.1. The summed E-state index contributed by atoms with van der Waals surface area (Å²) in [6, 6.07) is 10.7. The van der Waals surface area contributed by atoms with E-state index in [1.54, 1.807) is 0 Å². The number of likely N-dealkylation sites (N-methyl/N-ethyl adjacent to an activating group) is 1. The first-order valence-corrected chi connectivity index (χ1v) is 13.1. The third-order valence-corrected chi connectivity index (χ3v) is 7.15. The summed E-state index contributed by atoms with van der Waals surface area (Å²) < 4.78 is 0. The van der Waals surface area contributed by atoms with Crippen molar-refractivity contribution in [2.45, 2.75) is 46.0 Å². The van der Waals surface area contributed by atoms with E-state index in [4.69, 9.17) is 0 Å². The van der Waals surface area contributed by atoms with Gasteiger partial charge in [-0.3, -0.25) is 0 Å². The first-order chi connectivity index (χ1) is 17.5. The van der Waals surface area contributed by atoms with E-state index in [1.165, 1.54) is 28.1 Å². The first kappa shape index (κ1) is 27.1. The molecule has 2 aliphatic rings. The van der Waals surface area contributed by atoms with E-state index >= 15 is 0 Å². The Labute approximate surface area is 219 Å². The lowest BCUT2D eigenvalue weighted by molar-refractivity contribution is 0.397. The highest BCUT2D eigenvalue weighted by atomic mass is 15.2. The highest BCUT2D eigenvalue weighted by Crippen LogP contribution is 2.37. The molecule has 188 valence electrons. The molecule has 0 saturated carbocycles. The maximum atomic E-state index is 4.30. The molecule has 2 aliphatic carbocycles. The Kier molecular flexibility index (Phi) is 10.2. The number of nitrogens with zero attached hydrogens (tertiary/aromatic N) is 1. The average molecular weight is 479 g/mol. The van der Waals surface area contributed by atoms with Gasteiger partial charge in [-0.25, -0.2) is 0 Å². The number of rotatable bonds is 12. The van der Waals surface area contributed by atoms with E-state index in [0.717, 1.165) is 43.5 Å². The van der Waals surface area contributed by atoms with Crippen LogP contribution >= 0.6 is 0 Å². The monoisotopic (exact) mass is 478 g/mol. The van der Waals surface area contributed by atoms with Crippen LogP contribution in [0.5, 0.6) is 0 Å². The molecular formula is C34H42N2. The molecule has 1 aromatic rings. The molecule has 0 aromatic heterocycles. The number of allylic oxidation sites excluding steroid dienone is 11. The van der Waals surface area contributed by atoms with Crippen LogP contribution in [0.1, 0.15) is 51.5 Å². The largest absolute Gasteiger partial charge is 0.388 e. The lowest BCUT2D eigenvalue weighted by atomic mass is 9.80. The molecule has 36 heavy (non-hydrogen) atoms. The SMILES string of the molecule is C=C/C=C(\C=C/C)N(C(=C)C=C)C1=C(CCC(C)C2C=C(c3ccccc3)C(NC)=CC2)CCC=C1. The molecule has 3 rings (SSSR count). The van der Waals surface area contributed by atoms with E-state index in [9.17, 15) is 0 Å². The van der Waals surface area contributed by atoms with Crippen LogP contribution in [0.4, 0.5) is 0 Å². The van der Waals surface area contributed by atoms with Crippen LogP contribution in [0, 0.1) is 11.8 Å². The van der Waals surface area contributed by atoms with Crippen molar-refractivity contribution in [3.63, 3.8) is 0 Å². The molecule has 1 aromatic carbocycles. The van der Waals surface area contributed by atoms with Crippen molar-refractivity contribution in [1.82, 2.24) is 10.2 Å². The van der Waals surface area contributed by atoms with Crippen molar-refractivity contribution in [3.05, 3.63) is 139 Å². The highest BCUT2D eigenvalue weighted by molar-refractivity contribution is 5.79. The second-order valence-corrected chi connectivity index (χ2v) is 9.52. The van der Waals surface area contributed by atoms with Gasteiger partial charge in [0.2, 0.25) is 0 Å². The van der Waals surface area contributed by atoms with Gasteiger partial charge in [-0.15, -0.1) is 0 Å². The molecule has 2 unspecified atom stereocenters. The Hall–Kier alpha value is -3.52. The summed E-state index contributed by atoms with van der Waals surface area (Å²) in [7, 11) is 2.02. The highest BCUT2D eigenvalue weighted by Gasteiger charge is 2.23. The zero-order valence-electron chi connectivity index (χ0n) is 22.3. The summed E-state index contributed by atoms with van der Waals surface area (Å²) in [6.45, 7) is 16.7. The van der Waals surface area contributed by atoms with Crippen molar-refractivity contribution in [3.8, 4) is 0 Å². The minimum atomic E-state index is 0.527. The second kappa shape index (κ2) is 13.5. The molecule has 0 bridgehead atoms. The molecule has 2 atom stereocenters.